The molecule has 6 aromatic rings. The number of aliphatic hydroxyl groups excluding tert-OH is 1. The van der Waals surface area contributed by atoms with Crippen LogP contribution >= 0.6 is 0 Å². The summed E-state index contributed by atoms with van der Waals surface area (Å²) in [7, 11) is -2.21. The highest BCUT2D eigenvalue weighted by molar-refractivity contribution is 7.92. The van der Waals surface area contributed by atoms with E-state index in [0.717, 1.165) is 10.9 Å². The van der Waals surface area contributed by atoms with E-state index in [4.69, 9.17) is 4.42 Å². The Hall–Kier alpha value is -5.00. The number of aromatic nitrogens is 2. The first-order valence-electron chi connectivity index (χ1n) is 13.5. The van der Waals surface area contributed by atoms with Gasteiger partial charge in [0.25, 0.3) is 5.91 Å². The first kappa shape index (κ1) is 28.1. The Morgan fingerprint density at radius 1 is 1.00 bits per heavy atom. The highest BCUT2D eigenvalue weighted by Crippen LogP contribution is 2.41. The Morgan fingerprint density at radius 3 is 2.49 bits per heavy atom. The molecule has 0 saturated carbocycles. The number of fused-ring (bicyclic) bond motifs is 2. The number of rotatable bonds is 8. The Kier molecular flexibility index (Phi) is 7.20. The zero-order chi connectivity index (χ0) is 30.3. The molecule has 9 nitrogen and oxygen atoms in total. The number of furan rings is 1. The fraction of sp³-hybridized carbons (Fsp3) is 0.125. The van der Waals surface area contributed by atoms with Gasteiger partial charge in [-0.15, -0.1) is 0 Å². The molecule has 218 valence electrons. The maximum Gasteiger partial charge on any atom is 0.255 e. The summed E-state index contributed by atoms with van der Waals surface area (Å²) >= 11 is 0. The fourth-order valence-electron chi connectivity index (χ4n) is 5.19. The first-order valence-corrected chi connectivity index (χ1v) is 15.1. The summed E-state index contributed by atoms with van der Waals surface area (Å²) in [5.74, 6) is -0.787. The Balaban J connectivity index is 1.60. The lowest BCUT2D eigenvalue weighted by atomic mass is 9.96. The molecule has 0 aliphatic heterocycles. The second-order valence-corrected chi connectivity index (χ2v) is 11.9. The topological polar surface area (TPSA) is 137 Å². The van der Waals surface area contributed by atoms with Crippen molar-refractivity contribution in [1.82, 2.24) is 15.3 Å². The fourth-order valence-corrected chi connectivity index (χ4v) is 5.84. The molecule has 11 heteroatoms. The van der Waals surface area contributed by atoms with Crippen molar-refractivity contribution in [3.05, 3.63) is 95.9 Å². The quantitative estimate of drug-likeness (QED) is 0.168. The second-order valence-electron chi connectivity index (χ2n) is 9.91. The van der Waals surface area contributed by atoms with Crippen molar-refractivity contribution in [2.45, 2.75) is 13.5 Å². The van der Waals surface area contributed by atoms with Crippen LogP contribution in [-0.2, 0) is 16.6 Å². The van der Waals surface area contributed by atoms with E-state index < -0.39 is 21.7 Å². The predicted molar refractivity (Wildman–Crippen MR) is 165 cm³/mol. The molecular weight excluding hydrogens is 571 g/mol. The Bertz CT molecular complexity index is 2120. The Labute approximate surface area is 246 Å². The van der Waals surface area contributed by atoms with Gasteiger partial charge in [-0.1, -0.05) is 18.2 Å². The van der Waals surface area contributed by atoms with Gasteiger partial charge < -0.3 is 19.8 Å². The molecule has 3 heterocycles. The van der Waals surface area contributed by atoms with Crippen LogP contribution in [0.5, 0.6) is 0 Å². The molecule has 0 spiro atoms. The minimum atomic E-state index is -3.70. The number of nitrogens with zero attached hydrogens (tertiary/aromatic N) is 1. The van der Waals surface area contributed by atoms with Crippen molar-refractivity contribution in [2.24, 2.45) is 0 Å². The van der Waals surface area contributed by atoms with Gasteiger partial charge in [-0.2, -0.15) is 0 Å². The number of carbonyl (C=O) groups excluding carboxylic acids is 1. The predicted octanol–water partition coefficient (Wildman–Crippen LogP) is 6.06. The number of anilines is 1. The average Bonchev–Trinajstić information content (AvgIpc) is 3.58. The lowest BCUT2D eigenvalue weighted by Crippen LogP contribution is -2.18. The number of benzene rings is 3. The van der Waals surface area contributed by atoms with E-state index in [0.29, 0.717) is 39.0 Å². The number of amides is 1. The summed E-state index contributed by atoms with van der Waals surface area (Å²) in [4.78, 5) is 20.8. The molecule has 0 unspecified atom stereocenters. The molecular formula is C32H27FN4O5S. The van der Waals surface area contributed by atoms with E-state index in [2.05, 4.69) is 20.0 Å². The van der Waals surface area contributed by atoms with Crippen LogP contribution in [0.2, 0.25) is 0 Å². The number of H-pyrrole nitrogens is 1. The largest absolute Gasteiger partial charge is 0.455 e. The molecule has 3 aromatic carbocycles. The van der Waals surface area contributed by atoms with E-state index in [1.807, 2.05) is 30.3 Å². The van der Waals surface area contributed by atoms with Gasteiger partial charge in [0.15, 0.2) is 0 Å². The van der Waals surface area contributed by atoms with E-state index in [-0.39, 0.29) is 35.0 Å². The number of halogens is 1. The maximum absolute atomic E-state index is 13.7. The molecule has 43 heavy (non-hydrogen) atoms. The monoisotopic (exact) mass is 598 g/mol. The Morgan fingerprint density at radius 2 is 1.77 bits per heavy atom. The molecule has 0 radical (unpaired) electrons. The van der Waals surface area contributed by atoms with Crippen LogP contribution < -0.4 is 10.0 Å². The van der Waals surface area contributed by atoms with Crippen LogP contribution in [0.25, 0.3) is 55.7 Å². The summed E-state index contributed by atoms with van der Waals surface area (Å²) in [6.45, 7) is 1.32. The second kappa shape index (κ2) is 11.0. The smallest absolute Gasteiger partial charge is 0.255 e. The normalized spacial score (nSPS) is 11.7. The number of aliphatic hydroxyl groups is 1. The van der Waals surface area contributed by atoms with Crippen molar-refractivity contribution < 1.29 is 27.1 Å². The highest BCUT2D eigenvalue weighted by atomic mass is 32.2. The van der Waals surface area contributed by atoms with Crippen molar-refractivity contribution in [2.75, 3.05) is 17.5 Å². The average molecular weight is 599 g/mol. The number of nitrogens with one attached hydrogen (secondary N) is 3. The maximum atomic E-state index is 13.7. The summed E-state index contributed by atoms with van der Waals surface area (Å²) < 4.78 is 48.0. The summed E-state index contributed by atoms with van der Waals surface area (Å²) in [5.41, 5.74) is 5.15. The molecule has 3 aromatic heterocycles. The van der Waals surface area contributed by atoms with Gasteiger partial charge in [-0.05, 0) is 66.6 Å². The number of carbonyl (C=O) groups is 1. The van der Waals surface area contributed by atoms with Crippen LogP contribution in [0.4, 0.5) is 10.1 Å². The standard InChI is InChI=1S/C32H27FN4O5S/c1-3-43(40,41)37-26-16-27-24(28(32(39)34-2)30(42-27)18-9-11-21(33)12-10-18)15-23(26)19-6-4-7-20(14-19)29-25(17-38)22-8-5-13-35-31(22)36-29/h4-16,37-38H,3,17H2,1-2H3,(H,34,39)(H,35,36). The lowest BCUT2D eigenvalue weighted by molar-refractivity contribution is 0.0964. The van der Waals surface area contributed by atoms with Gasteiger partial charge in [-0.25, -0.2) is 17.8 Å². The zero-order valence-corrected chi connectivity index (χ0v) is 24.0. The van der Waals surface area contributed by atoms with Gasteiger partial charge in [0.05, 0.1) is 29.3 Å². The molecule has 0 aliphatic carbocycles. The van der Waals surface area contributed by atoms with Gasteiger partial charge in [0.1, 0.15) is 22.8 Å². The molecule has 0 fully saturated rings. The number of sulfonamides is 1. The highest BCUT2D eigenvalue weighted by Gasteiger charge is 2.25. The third-order valence-electron chi connectivity index (χ3n) is 7.33. The third kappa shape index (κ3) is 5.13. The van der Waals surface area contributed by atoms with E-state index in [1.54, 1.807) is 24.4 Å². The molecule has 6 rings (SSSR count). The van der Waals surface area contributed by atoms with E-state index in [1.165, 1.54) is 38.2 Å². The molecule has 0 aliphatic rings. The van der Waals surface area contributed by atoms with E-state index >= 15 is 0 Å². The third-order valence-corrected chi connectivity index (χ3v) is 8.62. The summed E-state index contributed by atoms with van der Waals surface area (Å²) in [6, 6.07) is 19.9. The van der Waals surface area contributed by atoms with Crippen LogP contribution in [0.1, 0.15) is 22.8 Å². The summed E-state index contributed by atoms with van der Waals surface area (Å²) in [5, 5.41) is 14.1. The van der Waals surface area contributed by atoms with Crippen molar-refractivity contribution in [1.29, 1.82) is 0 Å². The first-order chi connectivity index (χ1) is 20.7. The van der Waals surface area contributed by atoms with Crippen LogP contribution in [0.15, 0.2) is 83.4 Å². The molecule has 1 amide bonds. The minimum absolute atomic E-state index is 0.158. The zero-order valence-electron chi connectivity index (χ0n) is 23.2. The molecule has 4 N–H and O–H groups in total. The van der Waals surface area contributed by atoms with Gasteiger partial charge in [0.2, 0.25) is 10.0 Å². The van der Waals surface area contributed by atoms with Gasteiger partial charge in [0, 0.05) is 46.8 Å². The number of hydrogen-bond donors (Lipinski definition) is 4. The number of pyridine rings is 1. The van der Waals surface area contributed by atoms with Crippen LogP contribution in [0, 0.1) is 5.82 Å². The minimum Gasteiger partial charge on any atom is -0.455 e. The van der Waals surface area contributed by atoms with Gasteiger partial charge >= 0.3 is 0 Å². The molecule has 0 atom stereocenters. The van der Waals surface area contributed by atoms with Gasteiger partial charge in [-0.3, -0.25) is 9.52 Å². The van der Waals surface area contributed by atoms with Crippen molar-refractivity contribution in [3.63, 3.8) is 0 Å². The van der Waals surface area contributed by atoms with Crippen LogP contribution in [-0.4, -0.2) is 42.2 Å². The molecule has 0 saturated heterocycles. The SMILES string of the molecule is CCS(=O)(=O)Nc1cc2oc(-c3ccc(F)cc3)c(C(=O)NC)c2cc1-c1cccc(-c2[nH]c3ncccc3c2CO)c1. The van der Waals surface area contributed by atoms with Crippen molar-refractivity contribution >= 4 is 43.6 Å². The molecule has 0 bridgehead atoms. The van der Waals surface area contributed by atoms with Crippen molar-refractivity contribution in [3.8, 4) is 33.7 Å². The number of aromatic amines is 1. The van der Waals surface area contributed by atoms with E-state index in [9.17, 15) is 22.7 Å². The summed E-state index contributed by atoms with van der Waals surface area (Å²) in [6.07, 6.45) is 1.66. The lowest BCUT2D eigenvalue weighted by Gasteiger charge is -2.14. The number of hydrogen-bond acceptors (Lipinski definition) is 6. The van der Waals surface area contributed by atoms with Crippen LogP contribution in [0.3, 0.4) is 0 Å².